The maximum absolute atomic E-state index is 6.31. The molecule has 2 nitrogen and oxygen atoms in total. The summed E-state index contributed by atoms with van der Waals surface area (Å²) in [7, 11) is 0. The van der Waals surface area contributed by atoms with Gasteiger partial charge in [0, 0.05) is 25.7 Å². The van der Waals surface area contributed by atoms with Crippen LogP contribution in [0.1, 0.15) is 17.5 Å². The minimum atomic E-state index is 0.236. The highest BCUT2D eigenvalue weighted by Gasteiger charge is 2.12. The molecule has 2 rings (SSSR count). The maximum atomic E-state index is 6.31. The van der Waals surface area contributed by atoms with Crippen molar-refractivity contribution in [2.75, 3.05) is 18.6 Å². The number of thioether (sulfide) groups is 1. The van der Waals surface area contributed by atoms with Crippen molar-refractivity contribution in [2.24, 2.45) is 5.73 Å². The predicted molar refractivity (Wildman–Crippen MR) is 98.0 cm³/mol. The van der Waals surface area contributed by atoms with Gasteiger partial charge in [-0.05, 0) is 29.6 Å². The van der Waals surface area contributed by atoms with Gasteiger partial charge in [0.05, 0.1) is 0 Å². The molecule has 0 spiro atoms. The van der Waals surface area contributed by atoms with Gasteiger partial charge >= 0.3 is 0 Å². The highest BCUT2D eigenvalue weighted by atomic mass is 32.2. The summed E-state index contributed by atoms with van der Waals surface area (Å²) in [5.41, 5.74) is 9.00. The first kappa shape index (κ1) is 17.1. The standard InChI is InChI=1S/C19H26N2S/c1-22-13-12-19(20)16-21(14-17-8-4-2-5-9-17)15-18-10-6-3-7-11-18/h2-11,19H,12-16,20H2,1H3/t19-/m0/s1. The zero-order valence-electron chi connectivity index (χ0n) is 13.3. The Balaban J connectivity index is 1.99. The van der Waals surface area contributed by atoms with Crippen LogP contribution in [0.3, 0.4) is 0 Å². The third kappa shape index (κ3) is 6.22. The molecule has 0 saturated carbocycles. The molecule has 0 aliphatic heterocycles. The second-order valence-corrected chi connectivity index (χ2v) is 6.67. The molecule has 2 N–H and O–H groups in total. The Hall–Kier alpha value is -1.29. The minimum absolute atomic E-state index is 0.236. The Labute approximate surface area is 138 Å². The van der Waals surface area contributed by atoms with Crippen molar-refractivity contribution in [1.82, 2.24) is 4.90 Å². The number of hydrogen-bond acceptors (Lipinski definition) is 3. The number of nitrogens with two attached hydrogens (primary N) is 1. The molecule has 0 aliphatic rings. The molecule has 0 heterocycles. The van der Waals surface area contributed by atoms with Crippen LogP contribution in [0.4, 0.5) is 0 Å². The molecule has 118 valence electrons. The van der Waals surface area contributed by atoms with Gasteiger partial charge in [-0.1, -0.05) is 60.7 Å². The van der Waals surface area contributed by atoms with E-state index in [0.717, 1.165) is 31.8 Å². The molecule has 1 atom stereocenters. The average Bonchev–Trinajstić information content (AvgIpc) is 2.55. The Morgan fingerprint density at radius 2 is 1.41 bits per heavy atom. The van der Waals surface area contributed by atoms with E-state index in [1.807, 2.05) is 11.8 Å². The largest absolute Gasteiger partial charge is 0.327 e. The third-order valence-corrected chi connectivity index (χ3v) is 4.33. The molecule has 0 radical (unpaired) electrons. The molecule has 0 saturated heterocycles. The van der Waals surface area contributed by atoms with Crippen molar-refractivity contribution in [3.05, 3.63) is 71.8 Å². The van der Waals surface area contributed by atoms with Crippen molar-refractivity contribution in [3.63, 3.8) is 0 Å². The summed E-state index contributed by atoms with van der Waals surface area (Å²) >= 11 is 1.87. The Morgan fingerprint density at radius 3 is 1.86 bits per heavy atom. The predicted octanol–water partition coefficient (Wildman–Crippen LogP) is 3.77. The molecular formula is C19H26N2S. The summed E-state index contributed by atoms with van der Waals surface area (Å²) in [4.78, 5) is 2.45. The molecule has 0 fully saturated rings. The normalized spacial score (nSPS) is 12.5. The second-order valence-electron chi connectivity index (χ2n) is 5.68. The van der Waals surface area contributed by atoms with E-state index in [9.17, 15) is 0 Å². The number of hydrogen-bond donors (Lipinski definition) is 1. The summed E-state index contributed by atoms with van der Waals surface area (Å²) in [5, 5.41) is 0. The summed E-state index contributed by atoms with van der Waals surface area (Å²) in [5.74, 6) is 1.13. The number of benzene rings is 2. The van der Waals surface area contributed by atoms with E-state index >= 15 is 0 Å². The van der Waals surface area contributed by atoms with Crippen LogP contribution in [0, 0.1) is 0 Å². The number of nitrogens with zero attached hydrogens (tertiary/aromatic N) is 1. The lowest BCUT2D eigenvalue weighted by molar-refractivity contribution is 0.238. The monoisotopic (exact) mass is 314 g/mol. The zero-order chi connectivity index (χ0) is 15.6. The van der Waals surface area contributed by atoms with Crippen LogP contribution >= 0.6 is 11.8 Å². The van der Waals surface area contributed by atoms with Crippen molar-refractivity contribution in [2.45, 2.75) is 25.6 Å². The first-order chi connectivity index (χ1) is 10.8. The molecule has 2 aromatic rings. The Kier molecular flexibility index (Phi) is 7.50. The van der Waals surface area contributed by atoms with Crippen LogP contribution in [0.25, 0.3) is 0 Å². The Bertz CT molecular complexity index is 474. The van der Waals surface area contributed by atoms with Crippen LogP contribution < -0.4 is 5.73 Å². The second kappa shape index (κ2) is 9.67. The van der Waals surface area contributed by atoms with Gasteiger partial charge in [0.1, 0.15) is 0 Å². The smallest absolute Gasteiger partial charge is 0.0237 e. The van der Waals surface area contributed by atoms with Crippen LogP contribution in [0.5, 0.6) is 0 Å². The lowest BCUT2D eigenvalue weighted by Crippen LogP contribution is -2.37. The van der Waals surface area contributed by atoms with E-state index in [-0.39, 0.29) is 6.04 Å². The van der Waals surface area contributed by atoms with Gasteiger partial charge in [-0.15, -0.1) is 0 Å². The molecule has 0 aliphatic carbocycles. The summed E-state index contributed by atoms with van der Waals surface area (Å²) < 4.78 is 0. The van der Waals surface area contributed by atoms with E-state index in [1.165, 1.54) is 11.1 Å². The topological polar surface area (TPSA) is 29.3 Å². The summed E-state index contributed by atoms with van der Waals surface area (Å²) in [6.45, 7) is 2.83. The molecule has 0 aromatic heterocycles. The van der Waals surface area contributed by atoms with Crippen molar-refractivity contribution in [3.8, 4) is 0 Å². The summed E-state index contributed by atoms with van der Waals surface area (Å²) in [6, 6.07) is 21.5. The van der Waals surface area contributed by atoms with Gasteiger partial charge in [0.2, 0.25) is 0 Å². The number of rotatable bonds is 9. The van der Waals surface area contributed by atoms with E-state index in [0.29, 0.717) is 0 Å². The third-order valence-electron chi connectivity index (χ3n) is 3.68. The lowest BCUT2D eigenvalue weighted by atomic mass is 10.1. The fourth-order valence-corrected chi connectivity index (χ4v) is 3.10. The van der Waals surface area contributed by atoms with E-state index in [4.69, 9.17) is 5.73 Å². The van der Waals surface area contributed by atoms with E-state index in [1.54, 1.807) is 0 Å². The SMILES string of the molecule is CSCC[C@H](N)CN(Cc1ccccc1)Cc1ccccc1. The van der Waals surface area contributed by atoms with Gasteiger partial charge in [0.25, 0.3) is 0 Å². The van der Waals surface area contributed by atoms with Crippen LogP contribution in [0.15, 0.2) is 60.7 Å². The fourth-order valence-electron chi connectivity index (χ4n) is 2.56. The first-order valence-corrected chi connectivity index (χ1v) is 9.22. The molecular weight excluding hydrogens is 288 g/mol. The van der Waals surface area contributed by atoms with Crippen molar-refractivity contribution >= 4 is 11.8 Å². The molecule has 0 amide bonds. The minimum Gasteiger partial charge on any atom is -0.327 e. The highest BCUT2D eigenvalue weighted by molar-refractivity contribution is 7.98. The van der Waals surface area contributed by atoms with Crippen LogP contribution in [0.2, 0.25) is 0 Å². The Morgan fingerprint density at radius 1 is 0.909 bits per heavy atom. The van der Waals surface area contributed by atoms with E-state index in [2.05, 4.69) is 71.8 Å². The lowest BCUT2D eigenvalue weighted by Gasteiger charge is -2.26. The summed E-state index contributed by atoms with van der Waals surface area (Å²) in [6.07, 6.45) is 3.21. The highest BCUT2D eigenvalue weighted by Crippen LogP contribution is 2.11. The first-order valence-electron chi connectivity index (χ1n) is 7.82. The molecule has 3 heteroatoms. The quantitative estimate of drug-likeness (QED) is 0.764. The van der Waals surface area contributed by atoms with Crippen molar-refractivity contribution in [1.29, 1.82) is 0 Å². The zero-order valence-corrected chi connectivity index (χ0v) is 14.1. The molecule has 22 heavy (non-hydrogen) atoms. The van der Waals surface area contributed by atoms with E-state index < -0.39 is 0 Å². The average molecular weight is 314 g/mol. The maximum Gasteiger partial charge on any atom is 0.0237 e. The fraction of sp³-hybridized carbons (Fsp3) is 0.368. The van der Waals surface area contributed by atoms with Gasteiger partial charge in [-0.25, -0.2) is 0 Å². The van der Waals surface area contributed by atoms with Gasteiger partial charge in [-0.3, -0.25) is 4.90 Å². The van der Waals surface area contributed by atoms with Gasteiger partial charge < -0.3 is 5.73 Å². The van der Waals surface area contributed by atoms with Gasteiger partial charge in [0.15, 0.2) is 0 Å². The van der Waals surface area contributed by atoms with Crippen LogP contribution in [-0.2, 0) is 13.1 Å². The molecule has 0 bridgehead atoms. The van der Waals surface area contributed by atoms with Gasteiger partial charge in [-0.2, -0.15) is 11.8 Å². The molecule has 2 aromatic carbocycles. The molecule has 0 unspecified atom stereocenters. The van der Waals surface area contributed by atoms with Crippen molar-refractivity contribution < 1.29 is 0 Å². The van der Waals surface area contributed by atoms with Crippen LogP contribution in [-0.4, -0.2) is 29.5 Å².